The second kappa shape index (κ2) is 2.40. The minimum absolute atomic E-state index is 1.23. The molecule has 1 radical (unpaired) electrons. The van der Waals surface area contributed by atoms with E-state index >= 15 is 0 Å². The molecule has 1 aromatic carbocycles. The van der Waals surface area contributed by atoms with Crippen molar-refractivity contribution < 1.29 is 0 Å². The van der Waals surface area contributed by atoms with Gasteiger partial charge in [0.2, 0.25) is 0 Å². The molecule has 0 saturated heterocycles. The van der Waals surface area contributed by atoms with Crippen LogP contribution in [-0.4, -0.2) is 20.6 Å². The van der Waals surface area contributed by atoms with Gasteiger partial charge in [0.25, 0.3) is 0 Å². The molecule has 0 atom stereocenters. The van der Waals surface area contributed by atoms with Crippen LogP contribution in [-0.2, 0) is 7.05 Å². The van der Waals surface area contributed by atoms with Crippen molar-refractivity contribution in [1.82, 2.24) is 4.57 Å². The predicted octanol–water partition coefficient (Wildman–Crippen LogP) is 0.972. The van der Waals surface area contributed by atoms with Crippen LogP contribution in [0.3, 0.4) is 0 Å². The van der Waals surface area contributed by atoms with E-state index in [2.05, 4.69) is 58.1 Å². The summed E-state index contributed by atoms with van der Waals surface area (Å²) in [5.41, 5.74) is 1.28. The van der Waals surface area contributed by atoms with Crippen LogP contribution in [0.15, 0.2) is 30.5 Å². The van der Waals surface area contributed by atoms with Crippen molar-refractivity contribution in [2.75, 3.05) is 0 Å². The zero-order valence-electron chi connectivity index (χ0n) is 6.24. The van der Waals surface area contributed by atoms with Crippen molar-refractivity contribution in [2.45, 2.75) is 0 Å². The summed E-state index contributed by atoms with van der Waals surface area (Å²) in [6.07, 6.45) is 2.10. The number of hydrogen-bond donors (Lipinski definition) is 0. The van der Waals surface area contributed by atoms with Gasteiger partial charge in [0.15, 0.2) is 0 Å². The van der Waals surface area contributed by atoms with Crippen LogP contribution in [0.4, 0.5) is 0 Å². The first kappa shape index (κ1) is 6.96. The number of hydrogen-bond acceptors (Lipinski definition) is 0. The number of para-hydroxylation sites is 1. The molecular weight excluding hydrogens is 201 g/mol. The third kappa shape index (κ3) is 0.991. The first-order valence-electron chi connectivity index (χ1n) is 3.50. The van der Waals surface area contributed by atoms with Crippen molar-refractivity contribution in [1.29, 1.82) is 0 Å². The quantitative estimate of drug-likeness (QED) is 0.570. The Balaban J connectivity index is 2.95. The molecule has 1 aromatic heterocycles. The Bertz CT molecular complexity index is 353. The van der Waals surface area contributed by atoms with Crippen LogP contribution in [0, 0.1) is 0 Å². The van der Waals surface area contributed by atoms with E-state index in [0.717, 1.165) is 0 Å². The number of fused-ring (bicyclic) bond motifs is 1. The first-order chi connectivity index (χ1) is 5.29. The summed E-state index contributed by atoms with van der Waals surface area (Å²) >= 11 is 3.04. The van der Waals surface area contributed by atoms with Gasteiger partial charge in [-0.15, -0.1) is 0 Å². The van der Waals surface area contributed by atoms with Gasteiger partial charge in [-0.05, 0) is 0 Å². The molecule has 0 aliphatic heterocycles. The Labute approximate surface area is 73.8 Å². The summed E-state index contributed by atoms with van der Waals surface area (Å²) < 4.78 is 3.35. The molecule has 2 aromatic rings. The molecule has 0 saturated carbocycles. The summed E-state index contributed by atoms with van der Waals surface area (Å²) in [6, 6.07) is 8.36. The molecule has 0 fully saturated rings. The third-order valence-corrected chi connectivity index (χ3v) is 2.54. The fourth-order valence-electron chi connectivity index (χ4n) is 1.30. The second-order valence-electron chi connectivity index (χ2n) is 2.62. The molecule has 1 heterocycles. The summed E-state index contributed by atoms with van der Waals surface area (Å²) in [4.78, 5) is 0. The van der Waals surface area contributed by atoms with Gasteiger partial charge < -0.3 is 0 Å². The van der Waals surface area contributed by atoms with Crippen LogP contribution >= 0.6 is 0 Å². The van der Waals surface area contributed by atoms with E-state index in [4.69, 9.17) is 0 Å². The molecular formula is C9H8NSe. The fraction of sp³-hybridized carbons (Fsp3) is 0.111. The van der Waals surface area contributed by atoms with E-state index in [1.807, 2.05) is 0 Å². The minimum atomic E-state index is 1.23. The summed E-state index contributed by atoms with van der Waals surface area (Å²) in [6.45, 7) is 0. The van der Waals surface area contributed by atoms with Gasteiger partial charge in [-0.1, -0.05) is 0 Å². The Kier molecular flexibility index (Phi) is 1.52. The molecule has 0 amide bonds. The van der Waals surface area contributed by atoms with Gasteiger partial charge in [-0.25, -0.2) is 0 Å². The van der Waals surface area contributed by atoms with Crippen molar-refractivity contribution >= 4 is 31.4 Å². The maximum atomic E-state index is 3.04. The summed E-state index contributed by atoms with van der Waals surface area (Å²) in [5, 5.41) is 1.30. The number of rotatable bonds is 0. The molecule has 0 unspecified atom stereocenters. The molecule has 0 bridgehead atoms. The topological polar surface area (TPSA) is 4.93 Å². The van der Waals surface area contributed by atoms with E-state index in [-0.39, 0.29) is 0 Å². The Hall–Kier alpha value is -0.721. The van der Waals surface area contributed by atoms with Crippen LogP contribution in [0.25, 0.3) is 10.9 Å². The predicted molar refractivity (Wildman–Crippen MR) is 48.3 cm³/mol. The molecule has 0 N–H and O–H groups in total. The van der Waals surface area contributed by atoms with E-state index in [1.165, 1.54) is 15.4 Å². The van der Waals surface area contributed by atoms with Crippen LogP contribution in [0.2, 0.25) is 0 Å². The molecule has 11 heavy (non-hydrogen) atoms. The first-order valence-corrected chi connectivity index (χ1v) is 4.36. The second-order valence-corrected chi connectivity index (χ2v) is 3.54. The van der Waals surface area contributed by atoms with Gasteiger partial charge in [0.1, 0.15) is 0 Å². The van der Waals surface area contributed by atoms with Crippen molar-refractivity contribution in [3.05, 3.63) is 30.5 Å². The molecule has 1 nitrogen and oxygen atoms in total. The van der Waals surface area contributed by atoms with Crippen LogP contribution < -0.4 is 4.46 Å². The van der Waals surface area contributed by atoms with E-state index < -0.39 is 0 Å². The SMILES string of the molecule is Cn1cc([Se])c2ccccc21. The normalized spacial score (nSPS) is 10.6. The summed E-state index contributed by atoms with van der Waals surface area (Å²) in [5.74, 6) is 0. The number of nitrogens with zero attached hydrogens (tertiary/aromatic N) is 1. The average Bonchev–Trinajstić information content (AvgIpc) is 2.30. The molecule has 0 aliphatic rings. The van der Waals surface area contributed by atoms with Crippen LogP contribution in [0.1, 0.15) is 0 Å². The van der Waals surface area contributed by atoms with Gasteiger partial charge in [-0.2, -0.15) is 0 Å². The Morgan fingerprint density at radius 3 is 2.73 bits per heavy atom. The van der Waals surface area contributed by atoms with Gasteiger partial charge in [-0.3, -0.25) is 0 Å². The zero-order valence-corrected chi connectivity index (χ0v) is 7.96. The average molecular weight is 209 g/mol. The van der Waals surface area contributed by atoms with Crippen molar-refractivity contribution in [3.63, 3.8) is 0 Å². The maximum absolute atomic E-state index is 3.04. The van der Waals surface area contributed by atoms with E-state index in [0.29, 0.717) is 0 Å². The molecule has 0 aliphatic carbocycles. The van der Waals surface area contributed by atoms with Crippen molar-refractivity contribution in [2.24, 2.45) is 7.05 Å². The zero-order chi connectivity index (χ0) is 7.84. The Morgan fingerprint density at radius 1 is 1.27 bits per heavy atom. The van der Waals surface area contributed by atoms with Gasteiger partial charge in [0, 0.05) is 0 Å². The molecule has 2 heteroatoms. The van der Waals surface area contributed by atoms with Crippen LogP contribution in [0.5, 0.6) is 0 Å². The number of aromatic nitrogens is 1. The number of benzene rings is 1. The van der Waals surface area contributed by atoms with Gasteiger partial charge >= 0.3 is 73.5 Å². The van der Waals surface area contributed by atoms with E-state index in [1.54, 1.807) is 0 Å². The molecule has 55 valence electrons. The fourth-order valence-corrected chi connectivity index (χ4v) is 2.00. The van der Waals surface area contributed by atoms with Gasteiger partial charge in [0.05, 0.1) is 0 Å². The van der Waals surface area contributed by atoms with E-state index in [9.17, 15) is 0 Å². The van der Waals surface area contributed by atoms with Crippen molar-refractivity contribution in [3.8, 4) is 0 Å². The number of aryl methyl sites for hydroxylation is 1. The standard InChI is InChI=1S/C9H8NSe/c1-10-6-9(11)7-4-2-3-5-8(7)10/h2-6H,1H3. The summed E-state index contributed by atoms with van der Waals surface area (Å²) in [7, 11) is 2.06. The Morgan fingerprint density at radius 2 is 2.00 bits per heavy atom. The monoisotopic (exact) mass is 210 g/mol. The molecule has 2 rings (SSSR count). The third-order valence-electron chi connectivity index (χ3n) is 1.86. The molecule has 0 spiro atoms.